The molecule has 0 radical (unpaired) electrons. The van der Waals surface area contributed by atoms with E-state index in [0.29, 0.717) is 19.3 Å². The monoisotopic (exact) mass is 752 g/mol. The first-order chi connectivity index (χ1) is 25.2. The first-order valence-electron chi connectivity index (χ1n) is 19.4. The largest absolute Gasteiger partial charge is 0.472 e. The van der Waals surface area contributed by atoms with Crippen LogP contribution in [0.1, 0.15) is 136 Å². The van der Waals surface area contributed by atoms with Crippen LogP contribution in [0.4, 0.5) is 0 Å². The van der Waals surface area contributed by atoms with Crippen LogP contribution in [0, 0.1) is 0 Å². The Morgan fingerprint density at radius 1 is 0.596 bits per heavy atom. The number of rotatable bonds is 35. The molecule has 0 aromatic carbocycles. The van der Waals surface area contributed by atoms with Crippen molar-refractivity contribution in [2.75, 3.05) is 26.4 Å². The third-order valence-electron chi connectivity index (χ3n) is 7.59. The molecule has 10 nitrogen and oxygen atoms in total. The predicted octanol–water partition coefficient (Wildman–Crippen LogP) is 9.72. The fourth-order valence-corrected chi connectivity index (χ4v) is 5.40. The highest BCUT2D eigenvalue weighted by Gasteiger charge is 2.27. The molecule has 3 atom stereocenters. The number of carbonyl (C=O) groups is 2. The van der Waals surface area contributed by atoms with Crippen LogP contribution < -0.4 is 0 Å². The molecule has 0 fully saturated rings. The van der Waals surface area contributed by atoms with Crippen LogP contribution in [0.2, 0.25) is 0 Å². The van der Waals surface area contributed by atoms with E-state index in [0.717, 1.165) is 70.6 Å². The molecule has 0 spiro atoms. The van der Waals surface area contributed by atoms with Crippen molar-refractivity contribution in [3.63, 3.8) is 0 Å². The van der Waals surface area contributed by atoms with Gasteiger partial charge in [0.1, 0.15) is 12.7 Å². The average Bonchev–Trinajstić information content (AvgIpc) is 3.13. The van der Waals surface area contributed by atoms with E-state index in [1.165, 1.54) is 19.3 Å². The molecule has 0 aromatic rings. The van der Waals surface area contributed by atoms with Gasteiger partial charge in [0.2, 0.25) is 0 Å². The lowest BCUT2D eigenvalue weighted by atomic mass is 10.1. The number of aliphatic hydroxyl groups is 2. The van der Waals surface area contributed by atoms with Crippen molar-refractivity contribution in [2.24, 2.45) is 0 Å². The molecule has 52 heavy (non-hydrogen) atoms. The minimum absolute atomic E-state index is 0.101. The van der Waals surface area contributed by atoms with E-state index in [4.69, 9.17) is 19.1 Å². The molecular weight excluding hydrogens is 683 g/mol. The molecule has 0 heterocycles. The predicted molar refractivity (Wildman–Crippen MR) is 210 cm³/mol. The fourth-order valence-electron chi connectivity index (χ4n) is 4.61. The van der Waals surface area contributed by atoms with Gasteiger partial charge >= 0.3 is 19.8 Å². The summed E-state index contributed by atoms with van der Waals surface area (Å²) in [7, 11) is -4.63. The summed E-state index contributed by atoms with van der Waals surface area (Å²) in [6.07, 6.45) is 40.2. The van der Waals surface area contributed by atoms with Crippen molar-refractivity contribution in [3.8, 4) is 0 Å². The lowest BCUT2D eigenvalue weighted by Gasteiger charge is -2.20. The summed E-state index contributed by atoms with van der Waals surface area (Å²) < 4.78 is 32.5. The number of unbranched alkanes of at least 4 members (excludes halogenated alkanes) is 9. The zero-order chi connectivity index (χ0) is 38.4. The molecule has 0 amide bonds. The molecule has 0 aliphatic heterocycles. The van der Waals surface area contributed by atoms with Crippen molar-refractivity contribution in [1.29, 1.82) is 0 Å². The van der Waals surface area contributed by atoms with Crippen LogP contribution in [0.15, 0.2) is 72.9 Å². The maximum absolute atomic E-state index is 12.5. The third kappa shape index (κ3) is 35.8. The fraction of sp³-hybridized carbons (Fsp3) is 0.659. The average molecular weight is 753 g/mol. The molecule has 0 aromatic heterocycles. The molecule has 0 saturated heterocycles. The van der Waals surface area contributed by atoms with Gasteiger partial charge in [0.25, 0.3) is 0 Å². The Bertz CT molecular complexity index is 1100. The van der Waals surface area contributed by atoms with Crippen LogP contribution in [0.5, 0.6) is 0 Å². The van der Waals surface area contributed by atoms with E-state index in [1.807, 2.05) is 12.2 Å². The number of allylic oxidation sites excluding steroid dienone is 12. The minimum Gasteiger partial charge on any atom is -0.462 e. The summed E-state index contributed by atoms with van der Waals surface area (Å²) in [6.45, 7) is 2.13. The van der Waals surface area contributed by atoms with E-state index < -0.39 is 51.8 Å². The van der Waals surface area contributed by atoms with Crippen LogP contribution in [0.25, 0.3) is 0 Å². The Labute approximate surface area is 314 Å². The van der Waals surface area contributed by atoms with Crippen molar-refractivity contribution >= 4 is 19.8 Å². The molecular formula is C41H69O10P. The van der Waals surface area contributed by atoms with Crippen molar-refractivity contribution in [2.45, 2.75) is 148 Å². The van der Waals surface area contributed by atoms with Gasteiger partial charge in [-0.05, 0) is 77.0 Å². The number of phosphoric ester groups is 1. The molecule has 3 N–H and O–H groups in total. The molecule has 0 aliphatic rings. The van der Waals surface area contributed by atoms with Gasteiger partial charge < -0.3 is 24.6 Å². The lowest BCUT2D eigenvalue weighted by Crippen LogP contribution is -2.29. The zero-order valence-electron chi connectivity index (χ0n) is 32.0. The maximum Gasteiger partial charge on any atom is 0.472 e. The third-order valence-corrected chi connectivity index (χ3v) is 8.55. The number of aliphatic hydroxyl groups excluding tert-OH is 2. The van der Waals surface area contributed by atoms with Crippen molar-refractivity contribution in [1.82, 2.24) is 0 Å². The highest BCUT2D eigenvalue weighted by atomic mass is 31.2. The Balaban J connectivity index is 4.50. The Morgan fingerprint density at radius 2 is 1.08 bits per heavy atom. The highest BCUT2D eigenvalue weighted by molar-refractivity contribution is 7.47. The van der Waals surface area contributed by atoms with Crippen LogP contribution in [-0.4, -0.2) is 65.7 Å². The van der Waals surface area contributed by atoms with E-state index in [1.54, 1.807) is 0 Å². The Morgan fingerprint density at radius 3 is 1.67 bits per heavy atom. The number of hydrogen-bond donors (Lipinski definition) is 3. The second-order valence-electron chi connectivity index (χ2n) is 12.6. The smallest absolute Gasteiger partial charge is 0.462 e. The molecule has 0 bridgehead atoms. The molecule has 0 aliphatic carbocycles. The zero-order valence-corrected chi connectivity index (χ0v) is 32.9. The van der Waals surface area contributed by atoms with Crippen LogP contribution in [-0.2, 0) is 32.7 Å². The summed E-state index contributed by atoms with van der Waals surface area (Å²) >= 11 is 0. The van der Waals surface area contributed by atoms with Crippen LogP contribution >= 0.6 is 7.82 Å². The second kappa shape index (κ2) is 36.8. The Hall–Kier alpha value is -2.59. The number of hydrogen-bond acceptors (Lipinski definition) is 9. The molecule has 298 valence electrons. The first kappa shape index (κ1) is 49.4. The van der Waals surface area contributed by atoms with Gasteiger partial charge in [-0.25, -0.2) is 4.57 Å². The quantitative estimate of drug-likeness (QED) is 0.0247. The van der Waals surface area contributed by atoms with Gasteiger partial charge in [0.05, 0.1) is 19.8 Å². The minimum atomic E-state index is -4.63. The van der Waals surface area contributed by atoms with E-state index in [9.17, 15) is 24.2 Å². The second-order valence-corrected chi connectivity index (χ2v) is 14.0. The number of carbonyl (C=O) groups excluding carboxylic acids is 2. The van der Waals surface area contributed by atoms with Gasteiger partial charge in [-0.15, -0.1) is 0 Å². The summed E-state index contributed by atoms with van der Waals surface area (Å²) in [5.74, 6) is -1.01. The number of ether oxygens (including phenoxy) is 2. The molecule has 11 heteroatoms. The molecule has 0 rings (SSSR count). The van der Waals surface area contributed by atoms with E-state index >= 15 is 0 Å². The first-order valence-corrected chi connectivity index (χ1v) is 20.9. The molecule has 3 unspecified atom stereocenters. The lowest BCUT2D eigenvalue weighted by molar-refractivity contribution is -0.161. The van der Waals surface area contributed by atoms with E-state index in [-0.39, 0.29) is 19.4 Å². The topological polar surface area (TPSA) is 149 Å². The number of esters is 2. The summed E-state index contributed by atoms with van der Waals surface area (Å²) in [5.41, 5.74) is 0. The highest BCUT2D eigenvalue weighted by Crippen LogP contribution is 2.43. The molecule has 0 saturated carbocycles. The van der Waals surface area contributed by atoms with Gasteiger partial charge in [-0.3, -0.25) is 18.6 Å². The van der Waals surface area contributed by atoms with Crippen molar-refractivity contribution in [3.05, 3.63) is 72.9 Å². The van der Waals surface area contributed by atoms with Crippen LogP contribution in [0.3, 0.4) is 0 Å². The van der Waals surface area contributed by atoms with Gasteiger partial charge in [0, 0.05) is 12.8 Å². The van der Waals surface area contributed by atoms with E-state index in [2.05, 4.69) is 79.1 Å². The SMILES string of the molecule is CC/C=C\C/C=C\C/C=C\C/C=C\C/C=C\CCCC(=O)OC(COC(=O)CCCCCCC/C=C\CCCCC)COP(=O)(O)OCC(O)CO. The number of phosphoric acid groups is 1. The summed E-state index contributed by atoms with van der Waals surface area (Å²) in [6, 6.07) is 0. The van der Waals surface area contributed by atoms with Gasteiger partial charge in [-0.2, -0.15) is 0 Å². The Kier molecular flexibility index (Phi) is 34.9. The normalized spacial score (nSPS) is 14.8. The standard InChI is InChI=1S/C41H69O10P/c1-3-5-7-9-11-13-15-17-18-19-20-21-23-25-27-29-31-33-41(45)51-39(37-50-52(46,47)49-35-38(43)34-42)36-48-40(44)32-30-28-26-24-22-16-14-12-10-8-6-4-2/h5,7,11-14,17-18,20-21,25,27,38-39,42-43H,3-4,6,8-10,15-16,19,22-24,26,28-37H2,1-2H3,(H,46,47)/b7-5-,13-11-,14-12-,18-17-,21-20-,27-25-. The summed E-state index contributed by atoms with van der Waals surface area (Å²) in [5, 5.41) is 18.3. The van der Waals surface area contributed by atoms with Gasteiger partial charge in [-0.1, -0.05) is 119 Å². The summed E-state index contributed by atoms with van der Waals surface area (Å²) in [4.78, 5) is 34.8. The van der Waals surface area contributed by atoms with Gasteiger partial charge in [0.15, 0.2) is 6.10 Å². The van der Waals surface area contributed by atoms with Crippen molar-refractivity contribution < 1.29 is 47.8 Å². The maximum atomic E-state index is 12.5.